The lowest BCUT2D eigenvalue weighted by atomic mass is 10.0. The van der Waals surface area contributed by atoms with E-state index in [2.05, 4.69) is 5.32 Å². The van der Waals surface area contributed by atoms with Crippen LogP contribution in [-0.2, 0) is 4.74 Å². The first-order valence-corrected chi connectivity index (χ1v) is 6.94. The van der Waals surface area contributed by atoms with Gasteiger partial charge in [-0.15, -0.1) is 0 Å². The van der Waals surface area contributed by atoms with Crippen LogP contribution < -0.4 is 5.32 Å². The van der Waals surface area contributed by atoms with Gasteiger partial charge in [-0.1, -0.05) is 11.6 Å². The molecule has 1 saturated carbocycles. The topological polar surface area (TPSA) is 58.6 Å². The molecule has 2 fully saturated rings. The molecule has 19 heavy (non-hydrogen) atoms. The Bertz CT molecular complexity index is 501. The first-order chi connectivity index (χ1) is 9.15. The van der Waals surface area contributed by atoms with Crippen LogP contribution in [0.25, 0.3) is 0 Å². The van der Waals surface area contributed by atoms with Crippen LogP contribution in [-0.4, -0.2) is 29.8 Å². The van der Waals surface area contributed by atoms with Gasteiger partial charge in [-0.2, -0.15) is 0 Å². The van der Waals surface area contributed by atoms with Gasteiger partial charge >= 0.3 is 5.97 Å². The zero-order valence-corrected chi connectivity index (χ0v) is 11.2. The number of nitrogens with one attached hydrogen (secondary N) is 1. The first-order valence-electron chi connectivity index (χ1n) is 6.56. The van der Waals surface area contributed by atoms with E-state index < -0.39 is 5.97 Å². The van der Waals surface area contributed by atoms with E-state index in [1.165, 1.54) is 18.9 Å². The summed E-state index contributed by atoms with van der Waals surface area (Å²) in [5.74, 6) is -0.312. The Morgan fingerprint density at radius 3 is 2.84 bits per heavy atom. The third-order valence-corrected chi connectivity index (χ3v) is 4.01. The fraction of sp³-hybridized carbons (Fsp3) is 0.500. The second-order valence-electron chi connectivity index (χ2n) is 5.21. The summed E-state index contributed by atoms with van der Waals surface area (Å²) in [6, 6.07) is 4.99. The molecule has 1 aromatic rings. The van der Waals surface area contributed by atoms with Crippen molar-refractivity contribution in [2.24, 2.45) is 5.92 Å². The fourth-order valence-corrected chi connectivity index (χ4v) is 2.85. The Morgan fingerprint density at radius 1 is 1.37 bits per heavy atom. The molecule has 1 aliphatic carbocycles. The summed E-state index contributed by atoms with van der Waals surface area (Å²) in [5.41, 5.74) is 0.840. The van der Waals surface area contributed by atoms with E-state index in [-0.39, 0.29) is 17.7 Å². The Hall–Kier alpha value is -1.26. The number of carbonyl (C=O) groups is 1. The molecular weight excluding hydrogens is 266 g/mol. The van der Waals surface area contributed by atoms with Gasteiger partial charge in [0.15, 0.2) is 0 Å². The van der Waals surface area contributed by atoms with Crippen LogP contribution in [0.4, 0.5) is 5.69 Å². The SMILES string of the molecule is O=C(O)c1ccc(Cl)cc1NC1CCOC1C1CC1. The molecule has 2 aliphatic rings. The quantitative estimate of drug-likeness (QED) is 0.891. The van der Waals surface area contributed by atoms with Crippen molar-refractivity contribution in [1.29, 1.82) is 0 Å². The summed E-state index contributed by atoms with van der Waals surface area (Å²) < 4.78 is 5.75. The summed E-state index contributed by atoms with van der Waals surface area (Å²) in [6.07, 6.45) is 3.54. The van der Waals surface area contributed by atoms with Gasteiger partial charge < -0.3 is 15.2 Å². The lowest BCUT2D eigenvalue weighted by molar-refractivity contribution is 0.0697. The van der Waals surface area contributed by atoms with Crippen molar-refractivity contribution >= 4 is 23.3 Å². The average Bonchev–Trinajstić information content (AvgIpc) is 3.10. The third kappa shape index (κ3) is 2.69. The number of carboxylic acid groups (broad SMARTS) is 1. The minimum Gasteiger partial charge on any atom is -0.478 e. The number of hydrogen-bond donors (Lipinski definition) is 2. The van der Waals surface area contributed by atoms with Gasteiger partial charge in [0.05, 0.1) is 23.4 Å². The van der Waals surface area contributed by atoms with Crippen LogP contribution in [0.3, 0.4) is 0 Å². The van der Waals surface area contributed by atoms with Gasteiger partial charge in [0.25, 0.3) is 0 Å². The van der Waals surface area contributed by atoms with Crippen LogP contribution >= 0.6 is 11.6 Å². The zero-order valence-electron chi connectivity index (χ0n) is 10.4. The van der Waals surface area contributed by atoms with Crippen molar-refractivity contribution in [2.75, 3.05) is 11.9 Å². The van der Waals surface area contributed by atoms with E-state index in [1.807, 2.05) is 0 Å². The number of anilines is 1. The van der Waals surface area contributed by atoms with Gasteiger partial charge in [-0.25, -0.2) is 4.79 Å². The van der Waals surface area contributed by atoms with E-state index in [9.17, 15) is 9.90 Å². The van der Waals surface area contributed by atoms with Crippen molar-refractivity contribution in [3.63, 3.8) is 0 Å². The third-order valence-electron chi connectivity index (χ3n) is 3.78. The largest absolute Gasteiger partial charge is 0.478 e. The Morgan fingerprint density at radius 2 is 2.16 bits per heavy atom. The lowest BCUT2D eigenvalue weighted by Gasteiger charge is -2.21. The molecule has 1 aromatic carbocycles. The molecule has 2 N–H and O–H groups in total. The molecule has 1 saturated heterocycles. The van der Waals surface area contributed by atoms with Gasteiger partial charge in [0.1, 0.15) is 0 Å². The molecule has 2 atom stereocenters. The molecule has 1 heterocycles. The number of benzene rings is 1. The van der Waals surface area contributed by atoms with Crippen LogP contribution in [0.2, 0.25) is 5.02 Å². The first kappa shape index (κ1) is 12.8. The fourth-order valence-electron chi connectivity index (χ4n) is 2.68. The summed E-state index contributed by atoms with van der Waals surface area (Å²) in [7, 11) is 0. The highest BCUT2D eigenvalue weighted by Gasteiger charge is 2.40. The summed E-state index contributed by atoms with van der Waals surface area (Å²) >= 11 is 5.95. The molecular formula is C14H16ClNO3. The van der Waals surface area contributed by atoms with E-state index >= 15 is 0 Å². The highest BCUT2D eigenvalue weighted by molar-refractivity contribution is 6.31. The van der Waals surface area contributed by atoms with Gasteiger partial charge in [-0.3, -0.25) is 0 Å². The minimum absolute atomic E-state index is 0.184. The normalized spacial score (nSPS) is 26.4. The van der Waals surface area contributed by atoms with Crippen LogP contribution in [0.1, 0.15) is 29.6 Å². The number of carboxylic acids is 1. The predicted octanol–water partition coefficient (Wildman–Crippen LogP) is 3.02. The second-order valence-corrected chi connectivity index (χ2v) is 5.64. The van der Waals surface area contributed by atoms with E-state index in [0.29, 0.717) is 16.6 Å². The molecule has 0 amide bonds. The van der Waals surface area contributed by atoms with E-state index in [0.717, 1.165) is 13.0 Å². The average molecular weight is 282 g/mol. The number of ether oxygens (including phenoxy) is 1. The molecule has 2 unspecified atom stereocenters. The summed E-state index contributed by atoms with van der Waals surface area (Å²) in [5, 5.41) is 13.1. The van der Waals surface area contributed by atoms with Crippen molar-refractivity contribution < 1.29 is 14.6 Å². The van der Waals surface area contributed by atoms with Crippen molar-refractivity contribution in [2.45, 2.75) is 31.4 Å². The van der Waals surface area contributed by atoms with E-state index in [4.69, 9.17) is 16.3 Å². The Labute approximate surface area is 116 Å². The highest BCUT2D eigenvalue weighted by Crippen LogP contribution is 2.40. The number of halogens is 1. The second kappa shape index (κ2) is 5.02. The van der Waals surface area contributed by atoms with E-state index in [1.54, 1.807) is 12.1 Å². The van der Waals surface area contributed by atoms with Crippen molar-refractivity contribution in [3.8, 4) is 0 Å². The summed E-state index contributed by atoms with van der Waals surface area (Å²) in [6.45, 7) is 0.738. The Balaban J connectivity index is 1.81. The van der Waals surface area contributed by atoms with Crippen molar-refractivity contribution in [1.82, 2.24) is 0 Å². The maximum Gasteiger partial charge on any atom is 0.337 e. The molecule has 0 bridgehead atoms. The molecule has 1 aliphatic heterocycles. The van der Waals surface area contributed by atoms with Gasteiger partial charge in [-0.05, 0) is 43.4 Å². The molecule has 5 heteroatoms. The molecule has 102 valence electrons. The molecule has 0 spiro atoms. The van der Waals surface area contributed by atoms with Crippen LogP contribution in [0, 0.1) is 5.92 Å². The number of hydrogen-bond acceptors (Lipinski definition) is 3. The van der Waals surface area contributed by atoms with Crippen LogP contribution in [0.5, 0.6) is 0 Å². The van der Waals surface area contributed by atoms with Crippen LogP contribution in [0.15, 0.2) is 18.2 Å². The smallest absolute Gasteiger partial charge is 0.337 e. The van der Waals surface area contributed by atoms with Gasteiger partial charge in [0.2, 0.25) is 0 Å². The molecule has 0 aromatic heterocycles. The molecule has 4 nitrogen and oxygen atoms in total. The summed E-state index contributed by atoms with van der Waals surface area (Å²) in [4.78, 5) is 11.2. The van der Waals surface area contributed by atoms with Crippen molar-refractivity contribution in [3.05, 3.63) is 28.8 Å². The number of rotatable bonds is 4. The maximum absolute atomic E-state index is 11.2. The molecule has 0 radical (unpaired) electrons. The predicted molar refractivity (Wildman–Crippen MR) is 72.9 cm³/mol. The highest BCUT2D eigenvalue weighted by atomic mass is 35.5. The molecule has 3 rings (SSSR count). The minimum atomic E-state index is -0.943. The monoisotopic (exact) mass is 281 g/mol. The Kier molecular flexibility index (Phi) is 3.37. The lowest BCUT2D eigenvalue weighted by Crippen LogP contribution is -2.31. The maximum atomic E-state index is 11.2. The standard InChI is InChI=1S/C14H16ClNO3/c15-9-3-4-10(14(17)18)12(7-9)16-11-5-6-19-13(11)8-1-2-8/h3-4,7-8,11,13,16H,1-2,5-6H2,(H,17,18). The zero-order chi connectivity index (χ0) is 13.4. The van der Waals surface area contributed by atoms with Gasteiger partial charge in [0, 0.05) is 11.6 Å². The number of aromatic carboxylic acids is 1.